The van der Waals surface area contributed by atoms with Gasteiger partial charge < -0.3 is 14.8 Å². The van der Waals surface area contributed by atoms with Crippen LogP contribution in [0.15, 0.2) is 30.5 Å². The molecular formula is C23H30N4O3. The van der Waals surface area contributed by atoms with Crippen molar-refractivity contribution in [2.75, 3.05) is 32.2 Å². The van der Waals surface area contributed by atoms with Crippen molar-refractivity contribution in [3.05, 3.63) is 47.5 Å². The Morgan fingerprint density at radius 1 is 1.20 bits per heavy atom. The minimum atomic E-state index is -0.228. The van der Waals surface area contributed by atoms with E-state index in [4.69, 9.17) is 14.5 Å². The van der Waals surface area contributed by atoms with E-state index in [2.05, 4.69) is 15.2 Å². The molecule has 4 rings (SSSR count). The van der Waals surface area contributed by atoms with Crippen LogP contribution in [0.25, 0.3) is 0 Å². The van der Waals surface area contributed by atoms with Crippen molar-refractivity contribution in [1.29, 1.82) is 0 Å². The van der Waals surface area contributed by atoms with Crippen molar-refractivity contribution in [2.45, 2.75) is 51.1 Å². The quantitative estimate of drug-likeness (QED) is 0.809. The van der Waals surface area contributed by atoms with Crippen molar-refractivity contribution in [3.63, 3.8) is 0 Å². The number of carbonyl (C=O) groups excluding carboxylic acids is 1. The highest BCUT2D eigenvalue weighted by Gasteiger charge is 2.33. The molecule has 0 bridgehead atoms. The van der Waals surface area contributed by atoms with E-state index in [1.807, 2.05) is 31.2 Å². The maximum Gasteiger partial charge on any atom is 0.259 e. The van der Waals surface area contributed by atoms with Gasteiger partial charge in [-0.05, 0) is 51.3 Å². The Hall–Kier alpha value is -2.51. The SMILES string of the molecule is COc1ccccc1NC(=O)c1cnc([C@@H]2CCCCN2C2CCOCC2)nc1C. The van der Waals surface area contributed by atoms with Gasteiger partial charge in [0.2, 0.25) is 0 Å². The fourth-order valence-corrected chi connectivity index (χ4v) is 4.49. The summed E-state index contributed by atoms with van der Waals surface area (Å²) in [7, 11) is 1.59. The van der Waals surface area contributed by atoms with Gasteiger partial charge in [-0.1, -0.05) is 18.6 Å². The van der Waals surface area contributed by atoms with Crippen molar-refractivity contribution >= 4 is 11.6 Å². The summed E-state index contributed by atoms with van der Waals surface area (Å²) in [6.45, 7) is 4.61. The Kier molecular flexibility index (Phi) is 6.59. The van der Waals surface area contributed by atoms with Crippen LogP contribution in [-0.4, -0.2) is 53.7 Å². The number of nitrogens with one attached hydrogen (secondary N) is 1. The molecule has 30 heavy (non-hydrogen) atoms. The average molecular weight is 411 g/mol. The molecule has 2 aromatic rings. The fraction of sp³-hybridized carbons (Fsp3) is 0.522. The van der Waals surface area contributed by atoms with Gasteiger partial charge in [-0.3, -0.25) is 9.69 Å². The third-order valence-electron chi connectivity index (χ3n) is 6.10. The molecule has 1 amide bonds. The van der Waals surface area contributed by atoms with Gasteiger partial charge in [-0.2, -0.15) is 0 Å². The Labute approximate surface area is 177 Å². The van der Waals surface area contributed by atoms with Gasteiger partial charge in [0.15, 0.2) is 0 Å². The lowest BCUT2D eigenvalue weighted by molar-refractivity contribution is 0.00208. The number of rotatable bonds is 5. The Morgan fingerprint density at radius 3 is 2.77 bits per heavy atom. The van der Waals surface area contributed by atoms with Gasteiger partial charge >= 0.3 is 0 Å². The van der Waals surface area contributed by atoms with Crippen molar-refractivity contribution in [1.82, 2.24) is 14.9 Å². The zero-order valence-corrected chi connectivity index (χ0v) is 17.8. The standard InChI is InChI=1S/C23H30N4O3/c1-16-18(23(28)26-19-7-3-4-9-21(19)29-2)15-24-22(25-16)20-8-5-6-12-27(20)17-10-13-30-14-11-17/h3-4,7,9,15,17,20H,5-6,8,10-14H2,1-2H3,(H,26,28)/t20-/m0/s1. The molecule has 2 aliphatic rings. The Morgan fingerprint density at radius 2 is 2.00 bits per heavy atom. The predicted molar refractivity (Wildman–Crippen MR) is 115 cm³/mol. The highest BCUT2D eigenvalue weighted by Crippen LogP contribution is 2.33. The van der Waals surface area contributed by atoms with E-state index in [1.165, 1.54) is 12.8 Å². The number of aryl methyl sites for hydroxylation is 1. The maximum absolute atomic E-state index is 12.8. The lowest BCUT2D eigenvalue weighted by atomic mass is 9.96. The Balaban J connectivity index is 1.52. The molecule has 1 N–H and O–H groups in total. The minimum absolute atomic E-state index is 0.215. The van der Waals surface area contributed by atoms with E-state index in [-0.39, 0.29) is 11.9 Å². The summed E-state index contributed by atoms with van der Waals surface area (Å²) in [6.07, 6.45) is 7.25. The van der Waals surface area contributed by atoms with Crippen LogP contribution in [0.5, 0.6) is 5.75 Å². The third kappa shape index (κ3) is 4.47. The van der Waals surface area contributed by atoms with E-state index in [1.54, 1.807) is 13.3 Å². The van der Waals surface area contributed by atoms with Crippen LogP contribution < -0.4 is 10.1 Å². The normalized spacial score (nSPS) is 20.7. The summed E-state index contributed by atoms with van der Waals surface area (Å²) in [5.41, 5.74) is 1.81. The number of amides is 1. The van der Waals surface area contributed by atoms with E-state index >= 15 is 0 Å². The second-order valence-electron chi connectivity index (χ2n) is 7.97. The number of anilines is 1. The van der Waals surface area contributed by atoms with Crippen molar-refractivity contribution < 1.29 is 14.3 Å². The number of hydrogen-bond acceptors (Lipinski definition) is 6. The van der Waals surface area contributed by atoms with Crippen LogP contribution in [0.3, 0.4) is 0 Å². The molecule has 1 aromatic carbocycles. The Bertz CT molecular complexity index is 883. The first-order valence-electron chi connectivity index (χ1n) is 10.8. The summed E-state index contributed by atoms with van der Waals surface area (Å²) < 4.78 is 10.9. The lowest BCUT2D eigenvalue weighted by Crippen LogP contribution is -2.44. The second kappa shape index (κ2) is 9.53. The van der Waals surface area contributed by atoms with Gasteiger partial charge in [-0.15, -0.1) is 0 Å². The molecule has 2 aliphatic heterocycles. The van der Waals surface area contributed by atoms with Gasteiger partial charge in [0, 0.05) is 25.5 Å². The van der Waals surface area contributed by atoms with Gasteiger partial charge in [-0.25, -0.2) is 9.97 Å². The van der Waals surface area contributed by atoms with E-state index in [0.717, 1.165) is 44.8 Å². The largest absolute Gasteiger partial charge is 0.495 e. The third-order valence-corrected chi connectivity index (χ3v) is 6.10. The average Bonchev–Trinajstić information content (AvgIpc) is 2.80. The molecule has 160 valence electrons. The predicted octanol–water partition coefficient (Wildman–Crippen LogP) is 3.75. The van der Waals surface area contributed by atoms with Crippen LogP contribution in [0.1, 0.15) is 60.0 Å². The summed E-state index contributed by atoms with van der Waals surface area (Å²) in [5, 5.41) is 2.91. The monoisotopic (exact) mass is 410 g/mol. The highest BCUT2D eigenvalue weighted by molar-refractivity contribution is 6.05. The van der Waals surface area contributed by atoms with Crippen LogP contribution in [-0.2, 0) is 4.74 Å². The van der Waals surface area contributed by atoms with E-state index < -0.39 is 0 Å². The summed E-state index contributed by atoms with van der Waals surface area (Å²) >= 11 is 0. The molecule has 0 unspecified atom stereocenters. The van der Waals surface area contributed by atoms with E-state index in [9.17, 15) is 4.79 Å². The number of carbonyl (C=O) groups is 1. The zero-order valence-electron chi connectivity index (χ0n) is 17.8. The first kappa shape index (κ1) is 20.8. The zero-order chi connectivity index (χ0) is 20.9. The summed E-state index contributed by atoms with van der Waals surface area (Å²) in [5.74, 6) is 1.22. The number of likely N-dealkylation sites (tertiary alicyclic amines) is 1. The van der Waals surface area contributed by atoms with Crippen molar-refractivity contribution in [2.24, 2.45) is 0 Å². The smallest absolute Gasteiger partial charge is 0.259 e. The van der Waals surface area contributed by atoms with Gasteiger partial charge in [0.05, 0.1) is 30.1 Å². The molecule has 2 fully saturated rings. The van der Waals surface area contributed by atoms with Crippen LogP contribution in [0.2, 0.25) is 0 Å². The van der Waals surface area contributed by atoms with Gasteiger partial charge in [0.25, 0.3) is 5.91 Å². The number of nitrogens with zero attached hydrogens (tertiary/aromatic N) is 3. The molecular weight excluding hydrogens is 380 g/mol. The number of ether oxygens (including phenoxy) is 2. The molecule has 3 heterocycles. The van der Waals surface area contributed by atoms with Crippen LogP contribution in [0.4, 0.5) is 5.69 Å². The van der Waals surface area contributed by atoms with Crippen molar-refractivity contribution in [3.8, 4) is 5.75 Å². The molecule has 0 radical (unpaired) electrons. The minimum Gasteiger partial charge on any atom is -0.495 e. The molecule has 7 heteroatoms. The molecule has 0 spiro atoms. The number of benzene rings is 1. The second-order valence-corrected chi connectivity index (χ2v) is 7.97. The number of hydrogen-bond donors (Lipinski definition) is 1. The molecule has 1 atom stereocenters. The summed E-state index contributed by atoms with van der Waals surface area (Å²) in [4.78, 5) is 24.8. The lowest BCUT2D eigenvalue weighted by Gasteiger charge is -2.42. The van der Waals surface area contributed by atoms with Crippen LogP contribution in [0, 0.1) is 6.92 Å². The topological polar surface area (TPSA) is 76.6 Å². The van der Waals surface area contributed by atoms with Crippen LogP contribution >= 0.6 is 0 Å². The first-order valence-corrected chi connectivity index (χ1v) is 10.8. The molecule has 7 nitrogen and oxygen atoms in total. The summed E-state index contributed by atoms with van der Waals surface area (Å²) in [6, 6.07) is 8.10. The van der Waals surface area contributed by atoms with Gasteiger partial charge in [0.1, 0.15) is 11.6 Å². The molecule has 2 saturated heterocycles. The first-order chi connectivity index (χ1) is 14.7. The van der Waals surface area contributed by atoms with E-state index in [0.29, 0.717) is 28.7 Å². The number of para-hydroxylation sites is 2. The fourth-order valence-electron chi connectivity index (χ4n) is 4.49. The highest BCUT2D eigenvalue weighted by atomic mass is 16.5. The maximum atomic E-state index is 12.8. The number of methoxy groups -OCH3 is 1. The molecule has 0 aliphatic carbocycles. The number of piperidine rings is 1. The molecule has 0 saturated carbocycles. The number of aromatic nitrogens is 2. The molecule has 1 aromatic heterocycles.